The highest BCUT2D eigenvalue weighted by molar-refractivity contribution is 6.31. The Bertz CT molecular complexity index is 772. The van der Waals surface area contributed by atoms with E-state index in [1.165, 1.54) is 0 Å². The molecule has 0 aliphatic heterocycles. The Labute approximate surface area is 146 Å². The van der Waals surface area contributed by atoms with Gasteiger partial charge in [0.25, 0.3) is 0 Å². The van der Waals surface area contributed by atoms with E-state index in [1.807, 2.05) is 32.0 Å². The topological polar surface area (TPSA) is 67.2 Å². The van der Waals surface area contributed by atoms with Gasteiger partial charge in [-0.05, 0) is 63.1 Å². The summed E-state index contributed by atoms with van der Waals surface area (Å²) in [5.74, 6) is 1.22. The van der Waals surface area contributed by atoms with Crippen LogP contribution in [0.3, 0.4) is 0 Å². The van der Waals surface area contributed by atoms with Gasteiger partial charge in [0, 0.05) is 23.0 Å². The van der Waals surface area contributed by atoms with E-state index in [9.17, 15) is 4.79 Å². The first-order valence-corrected chi connectivity index (χ1v) is 8.93. The Morgan fingerprint density at radius 1 is 1.33 bits per heavy atom. The van der Waals surface area contributed by atoms with Crippen LogP contribution in [0.25, 0.3) is 11.1 Å². The minimum absolute atomic E-state index is 0.0587. The number of rotatable bonds is 3. The van der Waals surface area contributed by atoms with Crippen LogP contribution in [0, 0.1) is 5.41 Å². The molecule has 0 unspecified atom stereocenters. The summed E-state index contributed by atoms with van der Waals surface area (Å²) in [6, 6.07) is 5.95. The van der Waals surface area contributed by atoms with Gasteiger partial charge in [-0.1, -0.05) is 11.6 Å². The number of carbonyl (C=O) groups excluding carboxylic acids is 1. The molecule has 1 heterocycles. The highest BCUT2D eigenvalue weighted by Crippen LogP contribution is 2.61. The third-order valence-corrected chi connectivity index (χ3v) is 5.42. The van der Waals surface area contributed by atoms with Crippen molar-refractivity contribution in [1.29, 1.82) is 0 Å². The van der Waals surface area contributed by atoms with Gasteiger partial charge in [0.15, 0.2) is 11.5 Å². The lowest BCUT2D eigenvalue weighted by Gasteiger charge is -2.57. The van der Waals surface area contributed by atoms with Gasteiger partial charge in [-0.2, -0.15) is 0 Å². The summed E-state index contributed by atoms with van der Waals surface area (Å²) in [4.78, 5) is 16.3. The molecule has 2 aliphatic rings. The first-order chi connectivity index (χ1) is 11.4. The van der Waals surface area contributed by atoms with Gasteiger partial charge in [-0.3, -0.25) is 0 Å². The van der Waals surface area contributed by atoms with Crippen LogP contribution in [0.1, 0.15) is 51.3 Å². The maximum absolute atomic E-state index is 11.7. The summed E-state index contributed by atoms with van der Waals surface area (Å²) in [5.41, 5.74) is 2.00. The molecule has 5 nitrogen and oxygen atoms in total. The van der Waals surface area contributed by atoms with E-state index in [0.717, 1.165) is 42.7 Å². The van der Waals surface area contributed by atoms with Crippen molar-refractivity contribution in [3.05, 3.63) is 29.1 Å². The van der Waals surface area contributed by atoms with Crippen LogP contribution in [0.15, 0.2) is 22.6 Å². The number of hydrogen-bond acceptors (Lipinski definition) is 3. The number of nitrogens with one attached hydrogen (secondary N) is 2. The monoisotopic (exact) mass is 347 g/mol. The Morgan fingerprint density at radius 3 is 2.79 bits per heavy atom. The lowest BCUT2D eigenvalue weighted by Crippen LogP contribution is -2.57. The van der Waals surface area contributed by atoms with Gasteiger partial charge in [-0.25, -0.2) is 9.78 Å². The number of hydrogen-bond donors (Lipinski definition) is 2. The predicted octanol–water partition coefficient (Wildman–Crippen LogP) is 4.22. The van der Waals surface area contributed by atoms with Gasteiger partial charge >= 0.3 is 6.03 Å². The molecule has 0 saturated heterocycles. The van der Waals surface area contributed by atoms with Gasteiger partial charge in [0.05, 0.1) is 0 Å². The fourth-order valence-corrected chi connectivity index (χ4v) is 4.33. The van der Waals surface area contributed by atoms with Crippen LogP contribution in [-0.4, -0.2) is 23.1 Å². The van der Waals surface area contributed by atoms with E-state index in [1.54, 1.807) is 0 Å². The maximum Gasteiger partial charge on any atom is 0.315 e. The molecule has 128 valence electrons. The molecule has 0 atom stereocenters. The number of aromatic nitrogens is 1. The van der Waals surface area contributed by atoms with Crippen LogP contribution in [0.2, 0.25) is 5.02 Å². The molecule has 6 heteroatoms. The molecule has 24 heavy (non-hydrogen) atoms. The van der Waals surface area contributed by atoms with Crippen molar-refractivity contribution in [2.45, 2.75) is 57.5 Å². The summed E-state index contributed by atoms with van der Waals surface area (Å²) in [5, 5.41) is 6.60. The average molecular weight is 348 g/mol. The maximum atomic E-state index is 11.7. The van der Waals surface area contributed by atoms with Crippen molar-refractivity contribution in [1.82, 2.24) is 15.6 Å². The highest BCUT2D eigenvalue weighted by Gasteiger charge is 2.54. The SMILES string of the molecule is CC(C)NC(=O)NC1CC2(C1)CC(c1nc3cc(Cl)ccc3o1)C2. The predicted molar refractivity (Wildman–Crippen MR) is 93.3 cm³/mol. The molecule has 0 radical (unpaired) electrons. The normalized spacial score (nSPS) is 28.7. The fraction of sp³-hybridized carbons (Fsp3) is 0.556. The summed E-state index contributed by atoms with van der Waals surface area (Å²) in [6.45, 7) is 3.93. The quantitative estimate of drug-likeness (QED) is 0.873. The zero-order valence-electron chi connectivity index (χ0n) is 13.9. The summed E-state index contributed by atoms with van der Waals surface area (Å²) in [7, 11) is 0. The molecule has 0 bridgehead atoms. The van der Waals surface area contributed by atoms with E-state index >= 15 is 0 Å². The fourth-order valence-electron chi connectivity index (χ4n) is 4.16. The molecule has 2 aliphatic carbocycles. The standard InChI is InChI=1S/C18H22ClN3O2/c1-10(2)20-17(23)21-13-8-18(9-13)6-11(7-18)16-22-14-5-12(19)3-4-15(14)24-16/h3-5,10-11,13H,6-9H2,1-2H3,(H2,20,21,23). The molecule has 2 saturated carbocycles. The second kappa shape index (κ2) is 5.66. The first kappa shape index (κ1) is 15.8. The molecular formula is C18H22ClN3O2. The number of fused-ring (bicyclic) bond motifs is 1. The zero-order valence-corrected chi connectivity index (χ0v) is 14.7. The molecule has 2 aromatic rings. The Hall–Kier alpha value is -1.75. The number of amides is 2. The van der Waals surface area contributed by atoms with E-state index < -0.39 is 0 Å². The Kier molecular flexibility index (Phi) is 3.71. The van der Waals surface area contributed by atoms with E-state index in [-0.39, 0.29) is 12.1 Å². The van der Waals surface area contributed by atoms with Crippen LogP contribution in [-0.2, 0) is 0 Å². The molecule has 1 aromatic carbocycles. The average Bonchev–Trinajstić information content (AvgIpc) is 2.81. The van der Waals surface area contributed by atoms with Crippen LogP contribution in [0.4, 0.5) is 4.79 Å². The number of nitrogens with zero attached hydrogens (tertiary/aromatic N) is 1. The molecule has 1 aromatic heterocycles. The number of halogens is 1. The number of benzene rings is 1. The highest BCUT2D eigenvalue weighted by atomic mass is 35.5. The minimum Gasteiger partial charge on any atom is -0.440 e. The largest absolute Gasteiger partial charge is 0.440 e. The number of oxazole rings is 1. The van der Waals surface area contributed by atoms with Gasteiger partial charge in [0.2, 0.25) is 0 Å². The van der Waals surface area contributed by atoms with E-state index in [0.29, 0.717) is 22.4 Å². The minimum atomic E-state index is -0.0587. The second-order valence-corrected chi connectivity index (χ2v) is 8.08. The molecule has 4 rings (SSSR count). The van der Waals surface area contributed by atoms with Gasteiger partial charge in [-0.15, -0.1) is 0 Å². The third-order valence-electron chi connectivity index (χ3n) is 5.19. The van der Waals surface area contributed by atoms with Crippen LogP contribution in [0.5, 0.6) is 0 Å². The Balaban J connectivity index is 1.31. The smallest absolute Gasteiger partial charge is 0.315 e. The molecule has 1 spiro atoms. The van der Waals surface area contributed by atoms with E-state index in [2.05, 4.69) is 15.6 Å². The first-order valence-electron chi connectivity index (χ1n) is 8.55. The molecule has 2 fully saturated rings. The van der Waals surface area contributed by atoms with Crippen molar-refractivity contribution in [2.24, 2.45) is 5.41 Å². The van der Waals surface area contributed by atoms with Gasteiger partial charge in [0.1, 0.15) is 5.52 Å². The summed E-state index contributed by atoms with van der Waals surface area (Å²) >= 11 is 6.00. The summed E-state index contributed by atoms with van der Waals surface area (Å²) in [6.07, 6.45) is 4.30. The van der Waals surface area contributed by atoms with Gasteiger partial charge < -0.3 is 15.1 Å². The van der Waals surface area contributed by atoms with Crippen LogP contribution >= 0.6 is 11.6 Å². The zero-order chi connectivity index (χ0) is 16.9. The van der Waals surface area contributed by atoms with Crippen molar-refractivity contribution in [3.8, 4) is 0 Å². The Morgan fingerprint density at radius 2 is 2.08 bits per heavy atom. The van der Waals surface area contributed by atoms with Crippen molar-refractivity contribution in [3.63, 3.8) is 0 Å². The lowest BCUT2D eigenvalue weighted by atomic mass is 9.50. The number of urea groups is 1. The van der Waals surface area contributed by atoms with Crippen molar-refractivity contribution < 1.29 is 9.21 Å². The number of carbonyl (C=O) groups is 1. The molecular weight excluding hydrogens is 326 g/mol. The molecule has 2 N–H and O–H groups in total. The second-order valence-electron chi connectivity index (χ2n) is 7.65. The van der Waals surface area contributed by atoms with Crippen molar-refractivity contribution >= 4 is 28.7 Å². The third kappa shape index (κ3) is 2.86. The summed E-state index contributed by atoms with van der Waals surface area (Å²) < 4.78 is 5.87. The van der Waals surface area contributed by atoms with Crippen LogP contribution < -0.4 is 10.6 Å². The van der Waals surface area contributed by atoms with E-state index in [4.69, 9.17) is 16.0 Å². The molecule has 2 amide bonds. The lowest BCUT2D eigenvalue weighted by molar-refractivity contribution is -0.0237. The van der Waals surface area contributed by atoms with Crippen molar-refractivity contribution in [2.75, 3.05) is 0 Å².